The van der Waals surface area contributed by atoms with Gasteiger partial charge in [-0.2, -0.15) is 0 Å². The zero-order chi connectivity index (χ0) is 20.7. The Balaban J connectivity index is 1.70. The van der Waals surface area contributed by atoms with Crippen molar-refractivity contribution in [3.8, 4) is 0 Å². The number of nitrogens with one attached hydrogen (secondary N) is 1. The third-order valence-corrected chi connectivity index (χ3v) is 5.34. The van der Waals surface area contributed by atoms with Crippen molar-refractivity contribution in [2.45, 2.75) is 19.9 Å². The Morgan fingerprint density at radius 2 is 2.10 bits per heavy atom. The number of aryl methyl sites for hydroxylation is 1. The summed E-state index contributed by atoms with van der Waals surface area (Å²) in [5.74, 6) is -1.38. The minimum atomic E-state index is -0.601. The highest BCUT2D eigenvalue weighted by atomic mass is 35.5. The second-order valence-electron chi connectivity index (χ2n) is 6.99. The topological polar surface area (TPSA) is 67.2 Å². The summed E-state index contributed by atoms with van der Waals surface area (Å²) in [5.41, 5.74) is 2.35. The lowest BCUT2D eigenvalue weighted by atomic mass is 10.1. The minimum absolute atomic E-state index is 0.0125. The summed E-state index contributed by atoms with van der Waals surface area (Å²) in [6.07, 6.45) is 4.92. The van der Waals surface area contributed by atoms with Crippen LogP contribution in [0.25, 0.3) is 0 Å². The maximum atomic E-state index is 13.9. The Labute approximate surface area is 171 Å². The van der Waals surface area contributed by atoms with Gasteiger partial charge in [-0.3, -0.25) is 14.6 Å². The van der Waals surface area contributed by atoms with Gasteiger partial charge >= 0.3 is 0 Å². The standard InChI is InChI=1S/C21H18ClFN4O2/c1-12-5-7-24-10-18(12)25-20(28)15-6-8-26-13(2)11-27(21(29)19(15)26)14-3-4-16(22)17(23)9-14/h3-10,13H,11H2,1-2H3,(H,25,28)/t13-/m0/s1. The number of rotatable bonds is 3. The predicted molar refractivity (Wildman–Crippen MR) is 109 cm³/mol. The summed E-state index contributed by atoms with van der Waals surface area (Å²) >= 11 is 5.76. The quantitative estimate of drug-likeness (QED) is 0.690. The molecule has 1 N–H and O–H groups in total. The Hall–Kier alpha value is -3.19. The number of hydrogen-bond acceptors (Lipinski definition) is 3. The van der Waals surface area contributed by atoms with Crippen LogP contribution in [0.1, 0.15) is 39.4 Å². The van der Waals surface area contributed by atoms with Crippen molar-refractivity contribution >= 4 is 34.8 Å². The van der Waals surface area contributed by atoms with Gasteiger partial charge in [0.05, 0.1) is 22.5 Å². The van der Waals surface area contributed by atoms with Crippen molar-refractivity contribution < 1.29 is 14.0 Å². The molecule has 8 heteroatoms. The third-order valence-electron chi connectivity index (χ3n) is 5.03. The highest BCUT2D eigenvalue weighted by Crippen LogP contribution is 2.31. The van der Waals surface area contributed by atoms with E-state index < -0.39 is 11.7 Å². The molecule has 0 saturated carbocycles. The molecule has 6 nitrogen and oxygen atoms in total. The van der Waals surface area contributed by atoms with Gasteiger partial charge < -0.3 is 14.8 Å². The molecule has 0 fully saturated rings. The Bertz CT molecular complexity index is 1130. The number of carbonyl (C=O) groups excluding carboxylic acids is 2. The molecule has 3 aromatic rings. The number of hydrogen-bond donors (Lipinski definition) is 1. The first-order valence-corrected chi connectivity index (χ1v) is 9.44. The van der Waals surface area contributed by atoms with Gasteiger partial charge in [0.15, 0.2) is 0 Å². The van der Waals surface area contributed by atoms with Crippen LogP contribution in [0.15, 0.2) is 48.9 Å². The van der Waals surface area contributed by atoms with Gasteiger partial charge in [0, 0.05) is 30.7 Å². The fourth-order valence-electron chi connectivity index (χ4n) is 3.45. The molecule has 1 aromatic carbocycles. The number of benzene rings is 1. The molecule has 2 aromatic heterocycles. The summed E-state index contributed by atoms with van der Waals surface area (Å²) < 4.78 is 15.7. The van der Waals surface area contributed by atoms with Crippen molar-refractivity contribution in [3.63, 3.8) is 0 Å². The molecule has 1 atom stereocenters. The summed E-state index contributed by atoms with van der Waals surface area (Å²) in [5, 5.41) is 2.79. The van der Waals surface area contributed by atoms with Gasteiger partial charge in [-0.25, -0.2) is 4.39 Å². The van der Waals surface area contributed by atoms with Crippen molar-refractivity contribution in [3.05, 3.63) is 76.6 Å². The second kappa shape index (κ2) is 7.33. The Kier molecular flexibility index (Phi) is 4.84. The zero-order valence-corrected chi connectivity index (χ0v) is 16.6. The van der Waals surface area contributed by atoms with Crippen LogP contribution in [0, 0.1) is 12.7 Å². The monoisotopic (exact) mass is 412 g/mol. The predicted octanol–water partition coefficient (Wildman–Crippen LogP) is 4.46. The van der Waals surface area contributed by atoms with E-state index in [0.29, 0.717) is 17.9 Å². The first-order chi connectivity index (χ1) is 13.9. The molecule has 0 spiro atoms. The third kappa shape index (κ3) is 3.38. The molecule has 29 heavy (non-hydrogen) atoms. The summed E-state index contributed by atoms with van der Waals surface area (Å²) in [7, 11) is 0. The van der Waals surface area contributed by atoms with Crippen LogP contribution in [-0.2, 0) is 0 Å². The molecule has 148 valence electrons. The summed E-state index contributed by atoms with van der Waals surface area (Å²) in [6, 6.07) is 7.54. The molecular formula is C21H18ClFN4O2. The minimum Gasteiger partial charge on any atom is -0.338 e. The van der Waals surface area contributed by atoms with E-state index in [1.807, 2.05) is 13.8 Å². The van der Waals surface area contributed by atoms with Gasteiger partial charge in [0.2, 0.25) is 0 Å². The number of amides is 2. The van der Waals surface area contributed by atoms with Gasteiger partial charge in [0.1, 0.15) is 11.5 Å². The molecule has 3 heterocycles. The maximum Gasteiger partial charge on any atom is 0.275 e. The molecule has 1 aliphatic rings. The second-order valence-corrected chi connectivity index (χ2v) is 7.40. The smallest absolute Gasteiger partial charge is 0.275 e. The largest absolute Gasteiger partial charge is 0.338 e. The Morgan fingerprint density at radius 1 is 1.31 bits per heavy atom. The van der Waals surface area contributed by atoms with E-state index >= 15 is 0 Å². The van der Waals surface area contributed by atoms with E-state index in [4.69, 9.17) is 11.6 Å². The van der Waals surface area contributed by atoms with Crippen molar-refractivity contribution in [1.82, 2.24) is 9.55 Å². The summed E-state index contributed by atoms with van der Waals surface area (Å²) in [6.45, 7) is 4.14. The number of nitrogens with zero attached hydrogens (tertiary/aromatic N) is 3. The highest BCUT2D eigenvalue weighted by Gasteiger charge is 2.34. The fraction of sp³-hybridized carbons (Fsp3) is 0.190. The van der Waals surface area contributed by atoms with Crippen LogP contribution in [-0.4, -0.2) is 27.9 Å². The molecule has 1 aliphatic heterocycles. The van der Waals surface area contributed by atoms with Crippen LogP contribution in [0.4, 0.5) is 15.8 Å². The van der Waals surface area contributed by atoms with Crippen molar-refractivity contribution in [1.29, 1.82) is 0 Å². The van der Waals surface area contributed by atoms with Crippen LogP contribution in [0.3, 0.4) is 0 Å². The lowest BCUT2D eigenvalue weighted by Gasteiger charge is -2.33. The zero-order valence-electron chi connectivity index (χ0n) is 15.8. The summed E-state index contributed by atoms with van der Waals surface area (Å²) in [4.78, 5) is 31.6. The lowest BCUT2D eigenvalue weighted by molar-refractivity contribution is 0.0942. The average molecular weight is 413 g/mol. The molecule has 4 rings (SSSR count). The van der Waals surface area contributed by atoms with Crippen LogP contribution < -0.4 is 10.2 Å². The molecule has 2 amide bonds. The number of halogens is 2. The fourth-order valence-corrected chi connectivity index (χ4v) is 3.56. The molecule has 0 radical (unpaired) electrons. The molecule has 0 aliphatic carbocycles. The van der Waals surface area contributed by atoms with Crippen LogP contribution in [0.2, 0.25) is 5.02 Å². The van der Waals surface area contributed by atoms with Crippen molar-refractivity contribution in [2.75, 3.05) is 16.8 Å². The SMILES string of the molecule is Cc1ccncc1NC(=O)c1ccn2c1C(=O)N(c1ccc(Cl)c(F)c1)C[C@@H]2C. The van der Waals surface area contributed by atoms with Crippen LogP contribution in [0.5, 0.6) is 0 Å². The molecule has 0 bridgehead atoms. The number of pyridine rings is 1. The first kappa shape index (κ1) is 19.1. The maximum absolute atomic E-state index is 13.9. The molecule has 0 saturated heterocycles. The highest BCUT2D eigenvalue weighted by molar-refractivity contribution is 6.30. The van der Waals surface area contributed by atoms with E-state index in [2.05, 4.69) is 10.3 Å². The molecule has 0 unspecified atom stereocenters. The normalized spacial score (nSPS) is 15.9. The van der Waals surface area contributed by atoms with Crippen LogP contribution >= 0.6 is 11.6 Å². The van der Waals surface area contributed by atoms with Crippen molar-refractivity contribution in [2.24, 2.45) is 0 Å². The average Bonchev–Trinajstić information content (AvgIpc) is 3.15. The van der Waals surface area contributed by atoms with Gasteiger partial charge in [-0.1, -0.05) is 11.6 Å². The lowest BCUT2D eigenvalue weighted by Crippen LogP contribution is -2.43. The first-order valence-electron chi connectivity index (χ1n) is 9.06. The van der Waals surface area contributed by atoms with E-state index in [1.54, 1.807) is 41.4 Å². The van der Waals surface area contributed by atoms with E-state index in [1.165, 1.54) is 17.0 Å². The number of aromatic nitrogens is 2. The van der Waals surface area contributed by atoms with Gasteiger partial charge in [0.25, 0.3) is 11.8 Å². The van der Waals surface area contributed by atoms with E-state index in [-0.39, 0.29) is 28.2 Å². The Morgan fingerprint density at radius 3 is 2.83 bits per heavy atom. The van der Waals surface area contributed by atoms with E-state index in [9.17, 15) is 14.0 Å². The van der Waals surface area contributed by atoms with E-state index in [0.717, 1.165) is 5.56 Å². The number of carbonyl (C=O) groups is 2. The number of fused-ring (bicyclic) bond motifs is 1. The van der Waals surface area contributed by atoms with Gasteiger partial charge in [-0.15, -0.1) is 0 Å². The number of anilines is 2. The molecular weight excluding hydrogens is 395 g/mol. The van der Waals surface area contributed by atoms with Gasteiger partial charge in [-0.05, 0) is 49.7 Å².